The second-order valence-corrected chi connectivity index (χ2v) is 3.99. The van der Waals surface area contributed by atoms with E-state index in [4.69, 9.17) is 4.42 Å². The molecule has 1 N–H and O–H groups in total. The molecule has 0 aliphatic carbocycles. The Bertz CT molecular complexity index is 391. The van der Waals surface area contributed by atoms with Gasteiger partial charge in [-0.3, -0.25) is 0 Å². The first-order chi connectivity index (χ1) is 6.83. The molecule has 0 saturated heterocycles. The lowest BCUT2D eigenvalue weighted by Crippen LogP contribution is -2.17. The highest BCUT2D eigenvalue weighted by Gasteiger charge is 2.15. The number of rotatable bonds is 3. The predicted molar refractivity (Wildman–Crippen MR) is 58.7 cm³/mol. The van der Waals surface area contributed by atoms with E-state index in [-0.39, 0.29) is 6.04 Å². The van der Waals surface area contributed by atoms with Crippen LogP contribution >= 0.6 is 11.3 Å². The molecule has 2 heterocycles. The molecule has 3 heteroatoms. The summed E-state index contributed by atoms with van der Waals surface area (Å²) in [7, 11) is 1.97. The van der Waals surface area contributed by atoms with Gasteiger partial charge in [-0.2, -0.15) is 11.3 Å². The molecular formula is C11H13NOS. The van der Waals surface area contributed by atoms with E-state index >= 15 is 0 Å². The topological polar surface area (TPSA) is 25.2 Å². The van der Waals surface area contributed by atoms with Crippen LogP contribution in [0.3, 0.4) is 0 Å². The van der Waals surface area contributed by atoms with Gasteiger partial charge in [0.2, 0.25) is 0 Å². The monoisotopic (exact) mass is 207 g/mol. The summed E-state index contributed by atoms with van der Waals surface area (Å²) in [6, 6.07) is 4.41. The Kier molecular flexibility index (Phi) is 2.70. The minimum Gasteiger partial charge on any atom is -0.469 e. The molecule has 0 amide bonds. The molecule has 0 aromatic carbocycles. The molecule has 0 aliphatic rings. The number of furan rings is 1. The van der Waals surface area contributed by atoms with Gasteiger partial charge in [0, 0.05) is 5.56 Å². The van der Waals surface area contributed by atoms with E-state index in [2.05, 4.69) is 22.1 Å². The molecule has 0 aliphatic heterocycles. The van der Waals surface area contributed by atoms with Crippen molar-refractivity contribution in [2.45, 2.75) is 13.0 Å². The maximum absolute atomic E-state index is 5.31. The normalized spacial score (nSPS) is 13.0. The van der Waals surface area contributed by atoms with Crippen molar-refractivity contribution >= 4 is 11.3 Å². The highest BCUT2D eigenvalue weighted by atomic mass is 32.1. The first-order valence-electron chi connectivity index (χ1n) is 4.56. The minimum atomic E-state index is 0.250. The SMILES string of the molecule is CNC(c1ccsc1)c1ccoc1C. The van der Waals surface area contributed by atoms with E-state index < -0.39 is 0 Å². The van der Waals surface area contributed by atoms with E-state index in [1.165, 1.54) is 11.1 Å². The zero-order valence-electron chi connectivity index (χ0n) is 8.28. The Labute approximate surface area is 87.6 Å². The minimum absolute atomic E-state index is 0.250. The summed E-state index contributed by atoms with van der Waals surface area (Å²) in [4.78, 5) is 0. The average molecular weight is 207 g/mol. The molecule has 0 fully saturated rings. The van der Waals surface area contributed by atoms with Gasteiger partial charge >= 0.3 is 0 Å². The van der Waals surface area contributed by atoms with Crippen molar-refractivity contribution < 1.29 is 4.42 Å². The lowest BCUT2D eigenvalue weighted by atomic mass is 10.0. The summed E-state index contributed by atoms with van der Waals surface area (Å²) in [5, 5.41) is 7.55. The van der Waals surface area contributed by atoms with Crippen molar-refractivity contribution in [2.75, 3.05) is 7.05 Å². The molecule has 2 nitrogen and oxygen atoms in total. The third-order valence-electron chi connectivity index (χ3n) is 2.38. The zero-order chi connectivity index (χ0) is 9.97. The summed E-state index contributed by atoms with van der Waals surface area (Å²) in [5.41, 5.74) is 2.51. The van der Waals surface area contributed by atoms with Gasteiger partial charge in [0.25, 0.3) is 0 Å². The van der Waals surface area contributed by atoms with Crippen LogP contribution in [0.25, 0.3) is 0 Å². The molecule has 2 aromatic rings. The predicted octanol–water partition coefficient (Wildman–Crippen LogP) is 2.96. The van der Waals surface area contributed by atoms with Gasteiger partial charge < -0.3 is 9.73 Å². The fraction of sp³-hybridized carbons (Fsp3) is 0.273. The Morgan fingerprint density at radius 1 is 1.43 bits per heavy atom. The number of nitrogens with one attached hydrogen (secondary N) is 1. The van der Waals surface area contributed by atoms with Crippen LogP contribution in [-0.4, -0.2) is 7.05 Å². The fourth-order valence-corrected chi connectivity index (χ4v) is 2.32. The standard InChI is InChI=1S/C11H13NOS/c1-8-10(3-5-13-8)11(12-2)9-4-6-14-7-9/h3-7,11-12H,1-2H3. The molecular weight excluding hydrogens is 194 g/mol. The van der Waals surface area contributed by atoms with Gasteiger partial charge in [0.15, 0.2) is 0 Å². The zero-order valence-corrected chi connectivity index (χ0v) is 9.10. The van der Waals surface area contributed by atoms with Crippen molar-refractivity contribution in [3.63, 3.8) is 0 Å². The molecule has 0 bridgehead atoms. The molecule has 74 valence electrons. The van der Waals surface area contributed by atoms with Crippen LogP contribution in [0.5, 0.6) is 0 Å². The summed E-state index contributed by atoms with van der Waals surface area (Å²) in [6.45, 7) is 1.99. The first-order valence-corrected chi connectivity index (χ1v) is 5.50. The van der Waals surface area contributed by atoms with Gasteiger partial charge in [0.1, 0.15) is 5.76 Å². The molecule has 1 unspecified atom stereocenters. The third kappa shape index (κ3) is 1.61. The number of hydrogen-bond donors (Lipinski definition) is 1. The van der Waals surface area contributed by atoms with Crippen LogP contribution in [0.2, 0.25) is 0 Å². The summed E-state index contributed by atoms with van der Waals surface area (Å²) in [5.74, 6) is 0.982. The third-order valence-corrected chi connectivity index (χ3v) is 3.08. The van der Waals surface area contributed by atoms with Crippen LogP contribution in [0.1, 0.15) is 22.9 Å². The van der Waals surface area contributed by atoms with Crippen LogP contribution in [0.4, 0.5) is 0 Å². The number of thiophene rings is 1. The largest absolute Gasteiger partial charge is 0.469 e. The second kappa shape index (κ2) is 3.98. The molecule has 2 aromatic heterocycles. The molecule has 0 radical (unpaired) electrons. The Morgan fingerprint density at radius 3 is 2.79 bits per heavy atom. The van der Waals surface area contributed by atoms with Gasteiger partial charge in [0.05, 0.1) is 12.3 Å². The summed E-state index contributed by atoms with van der Waals surface area (Å²) in [6.07, 6.45) is 1.74. The van der Waals surface area contributed by atoms with Gasteiger partial charge in [-0.1, -0.05) is 0 Å². The van der Waals surface area contributed by atoms with E-state index in [9.17, 15) is 0 Å². The highest BCUT2D eigenvalue weighted by molar-refractivity contribution is 7.08. The number of aryl methyl sites for hydroxylation is 1. The lowest BCUT2D eigenvalue weighted by Gasteiger charge is -2.13. The van der Waals surface area contributed by atoms with E-state index in [1.54, 1.807) is 17.6 Å². The maximum atomic E-state index is 5.31. The van der Waals surface area contributed by atoms with E-state index in [1.807, 2.05) is 20.0 Å². The van der Waals surface area contributed by atoms with Gasteiger partial charge in [-0.25, -0.2) is 0 Å². The fourth-order valence-electron chi connectivity index (χ4n) is 1.64. The average Bonchev–Trinajstić information content (AvgIpc) is 2.80. The van der Waals surface area contributed by atoms with E-state index in [0.717, 1.165) is 5.76 Å². The Morgan fingerprint density at radius 2 is 2.29 bits per heavy atom. The molecule has 14 heavy (non-hydrogen) atoms. The quantitative estimate of drug-likeness (QED) is 0.837. The highest BCUT2D eigenvalue weighted by Crippen LogP contribution is 2.26. The van der Waals surface area contributed by atoms with Crippen molar-refractivity contribution in [1.29, 1.82) is 0 Å². The first kappa shape index (κ1) is 9.49. The Balaban J connectivity index is 2.36. The van der Waals surface area contributed by atoms with Crippen LogP contribution in [0.15, 0.2) is 33.6 Å². The van der Waals surface area contributed by atoms with Crippen molar-refractivity contribution in [2.24, 2.45) is 0 Å². The molecule has 1 atom stereocenters. The summed E-state index contributed by atoms with van der Waals surface area (Å²) < 4.78 is 5.31. The van der Waals surface area contributed by atoms with Crippen molar-refractivity contribution in [3.8, 4) is 0 Å². The molecule has 0 spiro atoms. The van der Waals surface area contributed by atoms with Gasteiger partial charge in [-0.05, 0) is 42.4 Å². The maximum Gasteiger partial charge on any atom is 0.105 e. The molecule has 2 rings (SSSR count). The van der Waals surface area contributed by atoms with Crippen molar-refractivity contribution in [3.05, 3.63) is 46.0 Å². The smallest absolute Gasteiger partial charge is 0.105 e. The lowest BCUT2D eigenvalue weighted by molar-refractivity contribution is 0.523. The summed E-state index contributed by atoms with van der Waals surface area (Å²) >= 11 is 1.72. The molecule has 0 saturated carbocycles. The van der Waals surface area contributed by atoms with E-state index in [0.29, 0.717) is 0 Å². The number of hydrogen-bond acceptors (Lipinski definition) is 3. The van der Waals surface area contributed by atoms with Crippen molar-refractivity contribution in [1.82, 2.24) is 5.32 Å². The van der Waals surface area contributed by atoms with Crippen LogP contribution < -0.4 is 5.32 Å². The van der Waals surface area contributed by atoms with Crippen LogP contribution in [-0.2, 0) is 0 Å². The Hall–Kier alpha value is -1.06. The second-order valence-electron chi connectivity index (χ2n) is 3.21. The van der Waals surface area contributed by atoms with Crippen LogP contribution in [0, 0.1) is 6.92 Å². The van der Waals surface area contributed by atoms with Gasteiger partial charge in [-0.15, -0.1) is 0 Å².